The molecule has 1 saturated heterocycles. The second kappa shape index (κ2) is 10.9. The second-order valence-electron chi connectivity index (χ2n) is 12.2. The van der Waals surface area contributed by atoms with E-state index >= 15 is 0 Å². The van der Waals surface area contributed by atoms with Gasteiger partial charge in [-0.1, -0.05) is 39.0 Å². The van der Waals surface area contributed by atoms with Crippen LogP contribution < -0.4 is 9.47 Å². The number of hydrogen-bond donors (Lipinski definition) is 0. The molecule has 5 rings (SSSR count). The van der Waals surface area contributed by atoms with Crippen LogP contribution in [-0.2, 0) is 19.6 Å². The summed E-state index contributed by atoms with van der Waals surface area (Å²) in [6, 6.07) is 12.6. The molecule has 1 aromatic heterocycles. The summed E-state index contributed by atoms with van der Waals surface area (Å²) >= 11 is 1.52. The highest BCUT2D eigenvalue weighted by Gasteiger charge is 2.51. The maximum atomic E-state index is 13.6. The first kappa shape index (κ1) is 27.6. The van der Waals surface area contributed by atoms with Crippen LogP contribution in [0.4, 0.5) is 4.39 Å². The number of benzene rings is 2. The number of likely N-dealkylation sites (tertiary alicyclic amines) is 1. The fourth-order valence-corrected chi connectivity index (χ4v) is 7.57. The molecule has 0 radical (unpaired) electrons. The quantitative estimate of drug-likeness (QED) is 0.302. The summed E-state index contributed by atoms with van der Waals surface area (Å²) in [4.78, 5) is 22.7. The molecule has 2 unspecified atom stereocenters. The van der Waals surface area contributed by atoms with E-state index in [9.17, 15) is 9.18 Å². The molecule has 2 bridgehead atoms. The summed E-state index contributed by atoms with van der Waals surface area (Å²) in [5.41, 5.74) is 2.98. The van der Waals surface area contributed by atoms with E-state index in [1.165, 1.54) is 23.5 Å². The van der Waals surface area contributed by atoms with Crippen molar-refractivity contribution in [3.63, 3.8) is 0 Å². The van der Waals surface area contributed by atoms with Gasteiger partial charge in [-0.25, -0.2) is 9.37 Å². The van der Waals surface area contributed by atoms with E-state index in [0.717, 1.165) is 53.4 Å². The minimum absolute atomic E-state index is 0.0471. The highest BCUT2D eigenvalue weighted by atomic mass is 32.1. The third-order valence-electron chi connectivity index (χ3n) is 8.01. The molecule has 0 spiro atoms. The van der Waals surface area contributed by atoms with Crippen LogP contribution in [0.5, 0.6) is 11.5 Å². The molecule has 2 atom stereocenters. The van der Waals surface area contributed by atoms with Crippen molar-refractivity contribution in [3.8, 4) is 11.5 Å². The van der Waals surface area contributed by atoms with Crippen LogP contribution in [0.1, 0.15) is 66.7 Å². The average Bonchev–Trinajstić information content (AvgIpc) is 3.45. The molecule has 2 heterocycles. The van der Waals surface area contributed by atoms with Crippen LogP contribution in [-0.4, -0.2) is 47.5 Å². The highest BCUT2D eigenvalue weighted by molar-refractivity contribution is 7.09. The van der Waals surface area contributed by atoms with Gasteiger partial charge in [0.1, 0.15) is 28.0 Å². The monoisotopic (exact) mass is 551 g/mol. The molecule has 1 amide bonds. The van der Waals surface area contributed by atoms with Gasteiger partial charge < -0.3 is 14.4 Å². The predicted molar refractivity (Wildman–Crippen MR) is 152 cm³/mol. The van der Waals surface area contributed by atoms with Gasteiger partial charge in [-0.15, -0.1) is 11.3 Å². The van der Waals surface area contributed by atoms with Crippen LogP contribution in [0.2, 0.25) is 0 Å². The van der Waals surface area contributed by atoms with Crippen LogP contribution in [0, 0.1) is 16.6 Å². The van der Waals surface area contributed by atoms with Crippen molar-refractivity contribution in [1.82, 2.24) is 14.8 Å². The van der Waals surface area contributed by atoms with E-state index in [1.54, 1.807) is 26.4 Å². The van der Waals surface area contributed by atoms with E-state index in [2.05, 4.69) is 30.6 Å². The van der Waals surface area contributed by atoms with Crippen LogP contribution in [0.15, 0.2) is 47.8 Å². The van der Waals surface area contributed by atoms with Gasteiger partial charge in [-0.3, -0.25) is 9.69 Å². The van der Waals surface area contributed by atoms with Gasteiger partial charge in [0.15, 0.2) is 0 Å². The number of halogens is 1. The molecular weight excluding hydrogens is 513 g/mol. The molecule has 3 aromatic rings. The van der Waals surface area contributed by atoms with Crippen molar-refractivity contribution in [2.45, 2.75) is 65.7 Å². The molecule has 0 N–H and O–H groups in total. The molecule has 39 heavy (non-hydrogen) atoms. The SMILES string of the molecule is COc1ccc(CN(Cc2ccc(F)cc2)Cc2nc(C(=O)N3CC4(C)CC3CC(C)(C)C4)cs2)c(OC)c1. The number of ether oxygens (including phenoxy) is 2. The summed E-state index contributed by atoms with van der Waals surface area (Å²) in [6.07, 6.45) is 3.27. The molecule has 8 heteroatoms. The lowest BCUT2D eigenvalue weighted by molar-refractivity contribution is 0.0702. The number of fused-ring (bicyclic) bond motifs is 2. The third kappa shape index (κ3) is 6.28. The standard InChI is InChI=1S/C31H38FN3O3S/c1-30(2)13-24-14-31(3,19-30)20-35(24)29(36)26-18-39-28(33-26)17-34(15-21-6-9-23(32)10-7-21)16-22-8-11-25(37-4)12-27(22)38-5/h6-12,18,24H,13-17,19-20H2,1-5H3. The molecule has 1 saturated carbocycles. The number of hydrogen-bond acceptors (Lipinski definition) is 6. The summed E-state index contributed by atoms with van der Waals surface area (Å²) < 4.78 is 24.5. The van der Waals surface area contributed by atoms with E-state index in [-0.39, 0.29) is 28.6 Å². The number of amides is 1. The first-order chi connectivity index (χ1) is 18.6. The fourth-order valence-electron chi connectivity index (χ4n) is 6.76. The normalized spacial score (nSPS) is 21.8. The van der Waals surface area contributed by atoms with Crippen molar-refractivity contribution < 1.29 is 18.7 Å². The van der Waals surface area contributed by atoms with Crippen LogP contribution in [0.25, 0.3) is 0 Å². The van der Waals surface area contributed by atoms with E-state index in [1.807, 2.05) is 23.6 Å². The smallest absolute Gasteiger partial charge is 0.273 e. The Morgan fingerprint density at radius 2 is 1.85 bits per heavy atom. The van der Waals surface area contributed by atoms with Crippen molar-refractivity contribution in [3.05, 3.63) is 75.5 Å². The predicted octanol–water partition coefficient (Wildman–Crippen LogP) is 6.54. The van der Waals surface area contributed by atoms with Crippen molar-refractivity contribution in [2.24, 2.45) is 10.8 Å². The first-order valence-corrected chi connectivity index (χ1v) is 14.4. The topological polar surface area (TPSA) is 54.9 Å². The largest absolute Gasteiger partial charge is 0.497 e. The maximum absolute atomic E-state index is 13.6. The lowest BCUT2D eigenvalue weighted by atomic mass is 9.65. The molecule has 6 nitrogen and oxygen atoms in total. The Kier molecular flexibility index (Phi) is 7.71. The average molecular weight is 552 g/mol. The number of rotatable bonds is 9. The minimum Gasteiger partial charge on any atom is -0.497 e. The molecule has 2 fully saturated rings. The van der Waals surface area contributed by atoms with Crippen LogP contribution in [0.3, 0.4) is 0 Å². The Labute approximate surface area is 234 Å². The Bertz CT molecular complexity index is 1320. The van der Waals surface area contributed by atoms with E-state index in [0.29, 0.717) is 25.3 Å². The minimum atomic E-state index is -0.256. The molecule has 1 aliphatic carbocycles. The van der Waals surface area contributed by atoms with Gasteiger partial charge in [0.05, 0.1) is 20.8 Å². The zero-order chi connectivity index (χ0) is 27.8. The van der Waals surface area contributed by atoms with Crippen molar-refractivity contribution >= 4 is 17.2 Å². The van der Waals surface area contributed by atoms with Gasteiger partial charge in [0, 0.05) is 42.7 Å². The number of carbonyl (C=O) groups is 1. The molecule has 208 valence electrons. The molecule has 2 aliphatic rings. The Balaban J connectivity index is 1.35. The maximum Gasteiger partial charge on any atom is 0.273 e. The summed E-state index contributed by atoms with van der Waals surface area (Å²) in [6.45, 7) is 9.51. The summed E-state index contributed by atoms with van der Waals surface area (Å²) in [5, 5.41) is 2.78. The number of carbonyl (C=O) groups excluding carboxylic acids is 1. The Morgan fingerprint density at radius 1 is 1.08 bits per heavy atom. The Hall–Kier alpha value is -2.97. The fraction of sp³-hybridized carbons (Fsp3) is 0.484. The van der Waals surface area contributed by atoms with Crippen molar-refractivity contribution in [1.29, 1.82) is 0 Å². The lowest BCUT2D eigenvalue weighted by Crippen LogP contribution is -2.37. The second-order valence-corrected chi connectivity index (χ2v) is 13.2. The first-order valence-electron chi connectivity index (χ1n) is 13.5. The van der Waals surface area contributed by atoms with Gasteiger partial charge in [-0.2, -0.15) is 0 Å². The zero-order valence-corrected chi connectivity index (χ0v) is 24.3. The van der Waals surface area contributed by atoms with E-state index in [4.69, 9.17) is 14.5 Å². The lowest BCUT2D eigenvalue weighted by Gasteiger charge is -2.39. The zero-order valence-electron chi connectivity index (χ0n) is 23.5. The number of aromatic nitrogens is 1. The third-order valence-corrected chi connectivity index (χ3v) is 8.85. The van der Waals surface area contributed by atoms with Crippen molar-refractivity contribution in [2.75, 3.05) is 20.8 Å². The van der Waals surface area contributed by atoms with Gasteiger partial charge in [-0.05, 0) is 53.9 Å². The molecule has 1 aliphatic heterocycles. The van der Waals surface area contributed by atoms with Gasteiger partial charge >= 0.3 is 0 Å². The highest BCUT2D eigenvalue weighted by Crippen LogP contribution is 2.52. The van der Waals surface area contributed by atoms with E-state index < -0.39 is 0 Å². The number of thiazole rings is 1. The number of nitrogens with zero attached hydrogens (tertiary/aromatic N) is 3. The molecule has 2 aromatic carbocycles. The Morgan fingerprint density at radius 3 is 2.56 bits per heavy atom. The van der Waals surface area contributed by atoms with Gasteiger partial charge in [0.2, 0.25) is 0 Å². The summed E-state index contributed by atoms with van der Waals surface area (Å²) in [5.74, 6) is 1.26. The molecular formula is C31H38FN3O3S. The van der Waals surface area contributed by atoms with Gasteiger partial charge in [0.25, 0.3) is 5.91 Å². The summed E-state index contributed by atoms with van der Waals surface area (Å²) in [7, 11) is 3.28. The van der Waals surface area contributed by atoms with Crippen LogP contribution >= 0.6 is 11.3 Å². The number of methoxy groups -OCH3 is 2.